The van der Waals surface area contributed by atoms with Crippen molar-refractivity contribution in [3.8, 4) is 5.69 Å². The number of alkyl halides is 3. The Morgan fingerprint density at radius 2 is 2.00 bits per heavy atom. The van der Waals surface area contributed by atoms with Gasteiger partial charge in [0, 0.05) is 6.07 Å². The van der Waals surface area contributed by atoms with Crippen molar-refractivity contribution >= 4 is 22.3 Å². The van der Waals surface area contributed by atoms with Gasteiger partial charge in [0.15, 0.2) is 10.5 Å². The molecule has 0 aliphatic heterocycles. The second-order valence-electron chi connectivity index (χ2n) is 5.08. The average molecular weight is 354 g/mol. The van der Waals surface area contributed by atoms with Crippen LogP contribution < -0.4 is 0 Å². The molecule has 2 heterocycles. The highest BCUT2D eigenvalue weighted by molar-refractivity contribution is 7.90. The maximum Gasteiger partial charge on any atom is 0.451 e. The minimum Gasteiger partial charge on any atom is -0.612 e. The summed E-state index contributed by atoms with van der Waals surface area (Å²) in [6.45, 7) is 1.71. The zero-order valence-electron chi connectivity index (χ0n) is 12.8. The summed E-state index contributed by atoms with van der Waals surface area (Å²) >= 11 is -1.21. The van der Waals surface area contributed by atoms with Gasteiger partial charge in [-0.1, -0.05) is 13.0 Å². The van der Waals surface area contributed by atoms with Crippen LogP contribution in [0.15, 0.2) is 35.5 Å². The molecule has 5 nitrogen and oxygen atoms in total. The second kappa shape index (κ2) is 6.06. The number of fused-ring (bicyclic) bond motifs is 1. The van der Waals surface area contributed by atoms with Crippen molar-refractivity contribution in [2.24, 2.45) is 0 Å². The first kappa shape index (κ1) is 16.7. The fourth-order valence-corrected chi connectivity index (χ4v) is 2.89. The van der Waals surface area contributed by atoms with Crippen molar-refractivity contribution in [3.63, 3.8) is 0 Å². The van der Waals surface area contributed by atoms with Crippen LogP contribution in [0.4, 0.5) is 13.2 Å². The predicted molar refractivity (Wildman–Crippen MR) is 83.4 cm³/mol. The number of aryl methyl sites for hydroxylation is 1. The van der Waals surface area contributed by atoms with Crippen LogP contribution in [0.2, 0.25) is 0 Å². The second-order valence-corrected chi connectivity index (χ2v) is 6.46. The third kappa shape index (κ3) is 2.96. The van der Waals surface area contributed by atoms with Crippen molar-refractivity contribution in [2.45, 2.75) is 24.4 Å². The van der Waals surface area contributed by atoms with Crippen LogP contribution in [-0.2, 0) is 23.8 Å². The summed E-state index contributed by atoms with van der Waals surface area (Å²) in [6, 6.07) is 6.70. The Balaban J connectivity index is 2.24. The molecule has 3 rings (SSSR count). The summed E-state index contributed by atoms with van der Waals surface area (Å²) in [5.41, 5.74) is 1.18. The Bertz CT molecular complexity index is 892. The molecule has 0 aliphatic rings. The maximum absolute atomic E-state index is 13.0. The Labute approximate surface area is 138 Å². The van der Waals surface area contributed by atoms with Crippen LogP contribution in [0.3, 0.4) is 0 Å². The van der Waals surface area contributed by atoms with E-state index in [4.69, 9.17) is 0 Å². The molecule has 1 unspecified atom stereocenters. The first-order valence-corrected chi connectivity index (χ1v) is 8.62. The SMILES string of the molecule is CCc1nc(C(F)(F)F)nc2c1ncn2-c1cccc([S+](C)[O-])c1. The van der Waals surface area contributed by atoms with Gasteiger partial charge < -0.3 is 4.55 Å². The van der Waals surface area contributed by atoms with E-state index in [1.807, 2.05) is 0 Å². The Kier molecular flexibility index (Phi) is 4.22. The third-order valence-corrected chi connectivity index (χ3v) is 4.40. The van der Waals surface area contributed by atoms with Crippen molar-refractivity contribution in [2.75, 3.05) is 6.26 Å². The summed E-state index contributed by atoms with van der Waals surface area (Å²) in [7, 11) is 0. The molecule has 24 heavy (non-hydrogen) atoms. The molecule has 0 spiro atoms. The maximum atomic E-state index is 13.0. The normalized spacial score (nSPS) is 13.4. The monoisotopic (exact) mass is 354 g/mol. The van der Waals surface area contributed by atoms with Crippen LogP contribution in [0.25, 0.3) is 16.9 Å². The lowest BCUT2D eigenvalue weighted by Gasteiger charge is -2.10. The van der Waals surface area contributed by atoms with Gasteiger partial charge in [0.1, 0.15) is 18.1 Å². The van der Waals surface area contributed by atoms with E-state index in [0.717, 1.165) is 0 Å². The lowest BCUT2D eigenvalue weighted by molar-refractivity contribution is -0.144. The Morgan fingerprint density at radius 1 is 1.25 bits per heavy atom. The molecule has 0 radical (unpaired) electrons. The molecular weight excluding hydrogens is 341 g/mol. The largest absolute Gasteiger partial charge is 0.612 e. The molecule has 0 bridgehead atoms. The fraction of sp³-hybridized carbons (Fsp3) is 0.267. The van der Waals surface area contributed by atoms with E-state index in [1.54, 1.807) is 31.2 Å². The lowest BCUT2D eigenvalue weighted by Crippen LogP contribution is -2.13. The number of hydrogen-bond acceptors (Lipinski definition) is 4. The number of halogens is 3. The molecule has 0 fully saturated rings. The number of rotatable bonds is 3. The predicted octanol–water partition coefficient (Wildman–Crippen LogP) is 3.13. The van der Waals surface area contributed by atoms with E-state index in [-0.39, 0.29) is 11.3 Å². The van der Waals surface area contributed by atoms with Crippen molar-refractivity contribution < 1.29 is 17.7 Å². The summed E-state index contributed by atoms with van der Waals surface area (Å²) in [4.78, 5) is 12.0. The van der Waals surface area contributed by atoms with Gasteiger partial charge in [-0.25, -0.2) is 15.0 Å². The van der Waals surface area contributed by atoms with Gasteiger partial charge >= 0.3 is 6.18 Å². The molecule has 1 atom stereocenters. The van der Waals surface area contributed by atoms with Gasteiger partial charge in [0.2, 0.25) is 5.82 Å². The minimum absolute atomic E-state index is 0.0770. The van der Waals surface area contributed by atoms with Crippen LogP contribution in [-0.4, -0.2) is 30.3 Å². The first-order valence-electron chi connectivity index (χ1n) is 7.06. The Hall–Kier alpha value is -2.13. The van der Waals surface area contributed by atoms with Crippen LogP contribution in [0, 0.1) is 0 Å². The highest BCUT2D eigenvalue weighted by Crippen LogP contribution is 2.29. The van der Waals surface area contributed by atoms with Gasteiger partial charge in [-0.15, -0.1) is 0 Å². The van der Waals surface area contributed by atoms with E-state index < -0.39 is 23.2 Å². The van der Waals surface area contributed by atoms with Crippen LogP contribution in [0.5, 0.6) is 0 Å². The van der Waals surface area contributed by atoms with Gasteiger partial charge in [0.05, 0.1) is 11.4 Å². The smallest absolute Gasteiger partial charge is 0.451 e. The quantitative estimate of drug-likeness (QED) is 0.678. The van der Waals surface area contributed by atoms with E-state index >= 15 is 0 Å². The summed E-state index contributed by atoms with van der Waals surface area (Å²) in [5.74, 6) is -1.19. The van der Waals surface area contributed by atoms with Crippen LogP contribution in [0.1, 0.15) is 18.4 Å². The standard InChI is InChI=1S/C15H13F3N4OS/c1-3-11-12-13(21-14(20-11)15(16,17)18)22(8-19-12)9-5-4-6-10(7-9)24(2)23/h4-8H,3H2,1-2H3. The number of nitrogens with zero attached hydrogens (tertiary/aromatic N) is 4. The van der Waals surface area contributed by atoms with Crippen molar-refractivity contribution in [3.05, 3.63) is 42.1 Å². The van der Waals surface area contributed by atoms with E-state index in [0.29, 0.717) is 22.5 Å². The molecule has 0 saturated carbocycles. The molecule has 0 N–H and O–H groups in total. The fourth-order valence-electron chi connectivity index (χ4n) is 2.33. The minimum atomic E-state index is -4.64. The van der Waals surface area contributed by atoms with Gasteiger partial charge in [0.25, 0.3) is 0 Å². The molecule has 126 valence electrons. The first-order chi connectivity index (χ1) is 11.3. The summed E-state index contributed by atoms with van der Waals surface area (Å²) in [6.07, 6.45) is -1.40. The highest BCUT2D eigenvalue weighted by Gasteiger charge is 2.36. The molecule has 0 aliphatic carbocycles. The molecule has 1 aromatic carbocycles. The number of imidazole rings is 1. The molecule has 2 aromatic heterocycles. The topological polar surface area (TPSA) is 66.7 Å². The Morgan fingerprint density at radius 3 is 2.62 bits per heavy atom. The van der Waals surface area contributed by atoms with Gasteiger partial charge in [-0.05, 0) is 29.7 Å². The highest BCUT2D eigenvalue weighted by atomic mass is 32.2. The number of hydrogen-bond donors (Lipinski definition) is 0. The lowest BCUT2D eigenvalue weighted by atomic mass is 10.2. The van der Waals surface area contributed by atoms with Crippen LogP contribution >= 0.6 is 0 Å². The van der Waals surface area contributed by atoms with E-state index in [9.17, 15) is 17.7 Å². The molecule has 3 aromatic rings. The number of benzene rings is 1. The number of aromatic nitrogens is 4. The van der Waals surface area contributed by atoms with E-state index in [1.165, 1.54) is 17.2 Å². The van der Waals surface area contributed by atoms with Crippen molar-refractivity contribution in [1.82, 2.24) is 19.5 Å². The van der Waals surface area contributed by atoms with Gasteiger partial charge in [-0.3, -0.25) is 4.57 Å². The molecule has 0 saturated heterocycles. The molecule has 0 amide bonds. The zero-order valence-corrected chi connectivity index (χ0v) is 13.6. The summed E-state index contributed by atoms with van der Waals surface area (Å²) < 4.78 is 52.2. The average Bonchev–Trinajstić information content (AvgIpc) is 2.97. The summed E-state index contributed by atoms with van der Waals surface area (Å²) in [5, 5.41) is 0. The van der Waals surface area contributed by atoms with Gasteiger partial charge in [-0.2, -0.15) is 13.2 Å². The molecular formula is C15H13F3N4OS. The van der Waals surface area contributed by atoms with E-state index in [2.05, 4.69) is 15.0 Å². The zero-order chi connectivity index (χ0) is 17.5. The third-order valence-electron chi connectivity index (χ3n) is 3.48. The van der Waals surface area contributed by atoms with Crippen molar-refractivity contribution in [1.29, 1.82) is 0 Å². The molecule has 9 heteroatoms.